The van der Waals surface area contributed by atoms with Gasteiger partial charge in [0, 0.05) is 10.6 Å². The third-order valence-electron chi connectivity index (χ3n) is 3.02. The van der Waals surface area contributed by atoms with E-state index in [2.05, 4.69) is 40.3 Å². The second-order valence-corrected chi connectivity index (χ2v) is 7.28. The second kappa shape index (κ2) is 7.60. The predicted octanol–water partition coefficient (Wildman–Crippen LogP) is 5.03. The lowest BCUT2D eigenvalue weighted by Crippen LogP contribution is -2.13. The molecule has 0 saturated carbocycles. The van der Waals surface area contributed by atoms with Gasteiger partial charge in [0.2, 0.25) is 5.91 Å². The maximum Gasteiger partial charge on any atom is 0.229 e. The third-order valence-corrected chi connectivity index (χ3v) is 4.64. The molecule has 4 heteroatoms. The van der Waals surface area contributed by atoms with E-state index in [-0.39, 0.29) is 5.91 Å². The molecule has 0 aliphatic heterocycles. The van der Waals surface area contributed by atoms with E-state index in [0.717, 1.165) is 20.8 Å². The molecule has 20 heavy (non-hydrogen) atoms. The first-order valence-electron chi connectivity index (χ1n) is 6.80. The molecule has 2 aromatic rings. The van der Waals surface area contributed by atoms with Crippen molar-refractivity contribution in [3.8, 4) is 0 Å². The summed E-state index contributed by atoms with van der Waals surface area (Å²) in [6.45, 7) is 2.19. The van der Waals surface area contributed by atoms with Crippen LogP contribution in [0.2, 0.25) is 0 Å². The fourth-order valence-electron chi connectivity index (χ4n) is 1.95. The Labute approximate surface area is 132 Å². The quantitative estimate of drug-likeness (QED) is 0.776. The normalized spacial score (nSPS) is 10.5. The molecule has 0 unspecified atom stereocenters. The van der Waals surface area contributed by atoms with Crippen LogP contribution < -0.4 is 5.32 Å². The Hall–Kier alpha value is -1.13. The Balaban J connectivity index is 1.87. The Bertz CT molecular complexity index is 562. The van der Waals surface area contributed by atoms with E-state index in [1.165, 1.54) is 18.4 Å². The predicted molar refractivity (Wildman–Crippen MR) is 89.4 cm³/mol. The van der Waals surface area contributed by atoms with E-state index in [1.54, 1.807) is 11.3 Å². The maximum atomic E-state index is 11.9. The Morgan fingerprint density at radius 1 is 1.20 bits per heavy atom. The molecule has 2 nitrogen and oxygen atoms in total. The van der Waals surface area contributed by atoms with E-state index >= 15 is 0 Å². The van der Waals surface area contributed by atoms with Crippen molar-refractivity contribution < 1.29 is 4.79 Å². The molecule has 0 spiro atoms. The van der Waals surface area contributed by atoms with Crippen molar-refractivity contribution in [1.29, 1.82) is 0 Å². The number of halogens is 1. The van der Waals surface area contributed by atoms with E-state index in [4.69, 9.17) is 0 Å². The van der Waals surface area contributed by atoms with Gasteiger partial charge in [-0.25, -0.2) is 0 Å². The molecule has 0 aliphatic carbocycles. The van der Waals surface area contributed by atoms with Crippen LogP contribution in [0, 0.1) is 0 Å². The first-order valence-corrected chi connectivity index (χ1v) is 8.41. The van der Waals surface area contributed by atoms with Crippen molar-refractivity contribution in [1.82, 2.24) is 0 Å². The second-order valence-electron chi connectivity index (χ2n) is 4.73. The van der Waals surface area contributed by atoms with Crippen molar-refractivity contribution in [2.24, 2.45) is 0 Å². The number of carbonyl (C=O) groups excluding carboxylic acids is 1. The summed E-state index contributed by atoms with van der Waals surface area (Å²) in [5, 5.41) is 2.94. The molecule has 0 atom stereocenters. The van der Waals surface area contributed by atoms with E-state index in [9.17, 15) is 4.79 Å². The number of benzene rings is 1. The zero-order valence-corrected chi connectivity index (χ0v) is 13.9. The first-order chi connectivity index (χ1) is 9.67. The topological polar surface area (TPSA) is 29.1 Å². The summed E-state index contributed by atoms with van der Waals surface area (Å²) in [5.74, 6) is 0.0284. The minimum Gasteiger partial charge on any atom is -0.326 e. The van der Waals surface area contributed by atoms with Crippen molar-refractivity contribution >= 4 is 38.9 Å². The summed E-state index contributed by atoms with van der Waals surface area (Å²) < 4.78 is 1.06. The molecule has 0 aliphatic rings. The van der Waals surface area contributed by atoms with Crippen molar-refractivity contribution in [2.75, 3.05) is 5.32 Å². The van der Waals surface area contributed by atoms with Crippen LogP contribution >= 0.6 is 27.3 Å². The smallest absolute Gasteiger partial charge is 0.229 e. The number of rotatable bonds is 6. The maximum absolute atomic E-state index is 11.9. The van der Waals surface area contributed by atoms with Gasteiger partial charge >= 0.3 is 0 Å². The molecule has 1 aromatic carbocycles. The SMILES string of the molecule is CCCCc1ccc(NC(=O)Cc2ccc(Br)s2)cc1. The van der Waals surface area contributed by atoms with Crippen LogP contribution in [-0.4, -0.2) is 5.91 Å². The Morgan fingerprint density at radius 2 is 1.95 bits per heavy atom. The van der Waals surface area contributed by atoms with Crippen molar-refractivity contribution in [3.63, 3.8) is 0 Å². The van der Waals surface area contributed by atoms with Gasteiger partial charge in [-0.2, -0.15) is 0 Å². The van der Waals surface area contributed by atoms with Gasteiger partial charge in [0.15, 0.2) is 0 Å². The third kappa shape index (κ3) is 4.76. The van der Waals surface area contributed by atoms with Crippen molar-refractivity contribution in [3.05, 3.63) is 50.6 Å². The fourth-order valence-corrected chi connectivity index (χ4v) is 3.43. The highest BCUT2D eigenvalue weighted by atomic mass is 79.9. The molecular formula is C16H18BrNOS. The largest absolute Gasteiger partial charge is 0.326 e. The number of thiophene rings is 1. The van der Waals surface area contributed by atoms with Gasteiger partial charge in [0.25, 0.3) is 0 Å². The summed E-state index contributed by atoms with van der Waals surface area (Å²) in [4.78, 5) is 13.0. The molecule has 1 N–H and O–H groups in total. The molecule has 0 radical (unpaired) electrons. The Morgan fingerprint density at radius 3 is 2.55 bits per heavy atom. The lowest BCUT2D eigenvalue weighted by Gasteiger charge is -2.06. The number of unbranched alkanes of at least 4 members (excludes halogenated alkanes) is 1. The highest BCUT2D eigenvalue weighted by molar-refractivity contribution is 9.11. The number of carbonyl (C=O) groups is 1. The van der Waals surface area contributed by atoms with Crippen LogP contribution in [0.4, 0.5) is 5.69 Å². The molecular weight excluding hydrogens is 334 g/mol. The molecule has 0 saturated heterocycles. The van der Waals surface area contributed by atoms with Gasteiger partial charge in [0.05, 0.1) is 10.2 Å². The molecule has 106 valence electrons. The van der Waals surface area contributed by atoms with Gasteiger partial charge < -0.3 is 5.32 Å². The summed E-state index contributed by atoms with van der Waals surface area (Å²) in [5.41, 5.74) is 2.19. The van der Waals surface area contributed by atoms with Crippen LogP contribution in [0.25, 0.3) is 0 Å². The van der Waals surface area contributed by atoms with Gasteiger partial charge in [-0.05, 0) is 58.6 Å². The van der Waals surface area contributed by atoms with Crippen LogP contribution in [0.3, 0.4) is 0 Å². The summed E-state index contributed by atoms with van der Waals surface area (Å²) in [7, 11) is 0. The van der Waals surface area contributed by atoms with Crippen LogP contribution in [-0.2, 0) is 17.6 Å². The number of nitrogens with one attached hydrogen (secondary N) is 1. The van der Waals surface area contributed by atoms with Gasteiger partial charge in [0.1, 0.15) is 0 Å². The van der Waals surface area contributed by atoms with Gasteiger partial charge in [-0.3, -0.25) is 4.79 Å². The standard InChI is InChI=1S/C16H18BrNOS/c1-2-3-4-12-5-7-13(8-6-12)18-16(19)11-14-9-10-15(17)20-14/h5-10H,2-4,11H2,1H3,(H,18,19). The molecule has 2 rings (SSSR count). The Kier molecular flexibility index (Phi) is 5.80. The first kappa shape index (κ1) is 15.3. The number of aryl methyl sites for hydroxylation is 1. The molecule has 1 amide bonds. The van der Waals surface area contributed by atoms with E-state index in [1.807, 2.05) is 24.3 Å². The minimum atomic E-state index is 0.0284. The summed E-state index contributed by atoms with van der Waals surface area (Å²) in [6, 6.07) is 12.1. The molecule has 0 bridgehead atoms. The van der Waals surface area contributed by atoms with Crippen molar-refractivity contribution in [2.45, 2.75) is 32.6 Å². The van der Waals surface area contributed by atoms with Gasteiger partial charge in [-0.15, -0.1) is 11.3 Å². The number of anilines is 1. The lowest BCUT2D eigenvalue weighted by atomic mass is 10.1. The zero-order chi connectivity index (χ0) is 14.4. The average Bonchev–Trinajstić information content (AvgIpc) is 2.83. The highest BCUT2D eigenvalue weighted by Crippen LogP contribution is 2.22. The zero-order valence-electron chi connectivity index (χ0n) is 11.5. The highest BCUT2D eigenvalue weighted by Gasteiger charge is 2.06. The monoisotopic (exact) mass is 351 g/mol. The number of hydrogen-bond donors (Lipinski definition) is 1. The molecule has 1 heterocycles. The number of hydrogen-bond acceptors (Lipinski definition) is 2. The van der Waals surface area contributed by atoms with Crippen LogP contribution in [0.1, 0.15) is 30.2 Å². The lowest BCUT2D eigenvalue weighted by molar-refractivity contribution is -0.115. The summed E-state index contributed by atoms with van der Waals surface area (Å²) in [6.07, 6.45) is 3.94. The summed E-state index contributed by atoms with van der Waals surface area (Å²) >= 11 is 5.00. The minimum absolute atomic E-state index is 0.0284. The molecule has 0 fully saturated rings. The van der Waals surface area contributed by atoms with E-state index < -0.39 is 0 Å². The molecule has 1 aromatic heterocycles. The average molecular weight is 352 g/mol. The van der Waals surface area contributed by atoms with Crippen LogP contribution in [0.5, 0.6) is 0 Å². The van der Waals surface area contributed by atoms with E-state index in [0.29, 0.717) is 6.42 Å². The van der Waals surface area contributed by atoms with Gasteiger partial charge in [-0.1, -0.05) is 25.5 Å². The number of amides is 1. The fraction of sp³-hybridized carbons (Fsp3) is 0.312. The van der Waals surface area contributed by atoms with Crippen LogP contribution in [0.15, 0.2) is 40.2 Å².